The average Bonchev–Trinajstić information content (AvgIpc) is 3.28. The molecule has 0 radical (unpaired) electrons. The zero-order valence-electron chi connectivity index (χ0n) is 16.4. The lowest BCUT2D eigenvalue weighted by Gasteiger charge is -2.07. The van der Waals surface area contributed by atoms with Gasteiger partial charge in [0.2, 0.25) is 5.89 Å². The first-order valence-corrected chi connectivity index (χ1v) is 9.36. The maximum atomic E-state index is 12.6. The van der Waals surface area contributed by atoms with Gasteiger partial charge in [0.05, 0.1) is 4.92 Å². The van der Waals surface area contributed by atoms with Crippen molar-refractivity contribution in [2.45, 2.75) is 0 Å². The van der Waals surface area contributed by atoms with Crippen molar-refractivity contribution in [1.82, 2.24) is 10.2 Å². The lowest BCUT2D eigenvalue weighted by Crippen LogP contribution is -2.14. The van der Waals surface area contributed by atoms with Gasteiger partial charge in [0.1, 0.15) is 0 Å². The first-order valence-electron chi connectivity index (χ1n) is 9.36. The molecule has 2 amide bonds. The van der Waals surface area contributed by atoms with Gasteiger partial charge in [-0.15, -0.1) is 5.10 Å². The highest BCUT2D eigenvalue weighted by Crippen LogP contribution is 2.20. The Hall–Kier alpha value is -4.86. The van der Waals surface area contributed by atoms with E-state index in [0.29, 0.717) is 5.69 Å². The van der Waals surface area contributed by atoms with E-state index >= 15 is 0 Å². The van der Waals surface area contributed by atoms with Crippen molar-refractivity contribution in [3.8, 4) is 11.5 Å². The van der Waals surface area contributed by atoms with Crippen molar-refractivity contribution in [3.05, 3.63) is 100 Å². The van der Waals surface area contributed by atoms with E-state index in [2.05, 4.69) is 20.8 Å². The fourth-order valence-electron chi connectivity index (χ4n) is 2.82. The summed E-state index contributed by atoms with van der Waals surface area (Å²) in [4.78, 5) is 35.1. The van der Waals surface area contributed by atoms with Crippen molar-refractivity contribution in [2.75, 3.05) is 10.6 Å². The number of carbonyl (C=O) groups is 2. The minimum atomic E-state index is -0.546. The Morgan fingerprint density at radius 3 is 2.25 bits per heavy atom. The topological polar surface area (TPSA) is 140 Å². The summed E-state index contributed by atoms with van der Waals surface area (Å²) < 4.78 is 5.47. The number of non-ortho nitro benzene ring substituents is 1. The number of nitro benzene ring substituents is 1. The molecule has 3 aromatic carbocycles. The van der Waals surface area contributed by atoms with E-state index in [9.17, 15) is 19.7 Å². The number of carbonyl (C=O) groups excluding carboxylic acids is 2. The van der Waals surface area contributed by atoms with Crippen LogP contribution in [-0.4, -0.2) is 26.9 Å². The highest BCUT2D eigenvalue weighted by molar-refractivity contribution is 6.07. The fraction of sp³-hybridized carbons (Fsp3) is 0. The molecule has 158 valence electrons. The second-order valence-corrected chi connectivity index (χ2v) is 6.57. The predicted octanol–water partition coefficient (Wildman–Crippen LogP) is 4.15. The minimum absolute atomic E-state index is 0.0610. The largest absolute Gasteiger partial charge is 0.403 e. The van der Waals surface area contributed by atoms with Crippen LogP contribution in [0.2, 0.25) is 0 Å². The molecule has 0 aliphatic rings. The highest BCUT2D eigenvalue weighted by Gasteiger charge is 2.14. The van der Waals surface area contributed by atoms with Crippen LogP contribution in [0.25, 0.3) is 11.5 Å². The first kappa shape index (κ1) is 20.4. The molecule has 1 aromatic heterocycles. The van der Waals surface area contributed by atoms with Crippen molar-refractivity contribution >= 4 is 29.2 Å². The van der Waals surface area contributed by atoms with Crippen LogP contribution in [0, 0.1) is 10.1 Å². The summed E-state index contributed by atoms with van der Waals surface area (Å²) in [6, 6.07) is 20.5. The van der Waals surface area contributed by atoms with E-state index in [4.69, 9.17) is 4.42 Å². The standard InChI is InChI=1S/C22H15N5O5/c28-19(14-9-11-18(12-10-14)27(30)31)23-17-8-4-7-16(13-17)20(29)24-22-26-25-21(32-22)15-5-2-1-3-6-15/h1-13H,(H,23,28)(H,24,26,29). The van der Waals surface area contributed by atoms with Gasteiger partial charge in [0, 0.05) is 34.5 Å². The highest BCUT2D eigenvalue weighted by atomic mass is 16.6. The molecule has 0 unspecified atom stereocenters. The molecular formula is C22H15N5O5. The van der Waals surface area contributed by atoms with Gasteiger partial charge in [0.15, 0.2) is 0 Å². The molecule has 0 saturated carbocycles. The molecule has 0 bridgehead atoms. The maximum absolute atomic E-state index is 12.6. The van der Waals surface area contributed by atoms with Gasteiger partial charge in [-0.1, -0.05) is 29.4 Å². The molecule has 0 fully saturated rings. The van der Waals surface area contributed by atoms with Crippen molar-refractivity contribution in [3.63, 3.8) is 0 Å². The van der Waals surface area contributed by atoms with E-state index in [0.717, 1.165) is 5.56 Å². The molecule has 2 N–H and O–H groups in total. The van der Waals surface area contributed by atoms with Gasteiger partial charge in [-0.3, -0.25) is 25.0 Å². The molecular weight excluding hydrogens is 414 g/mol. The van der Waals surface area contributed by atoms with E-state index in [-0.39, 0.29) is 28.7 Å². The molecule has 0 aliphatic carbocycles. The van der Waals surface area contributed by atoms with Crippen LogP contribution in [-0.2, 0) is 0 Å². The summed E-state index contributed by atoms with van der Waals surface area (Å²) in [5, 5.41) is 23.6. The van der Waals surface area contributed by atoms with Gasteiger partial charge in [-0.25, -0.2) is 0 Å². The summed E-state index contributed by atoms with van der Waals surface area (Å²) >= 11 is 0. The zero-order chi connectivity index (χ0) is 22.5. The number of aromatic nitrogens is 2. The monoisotopic (exact) mass is 429 g/mol. The molecule has 0 atom stereocenters. The number of nitrogens with zero attached hydrogens (tertiary/aromatic N) is 3. The summed E-state index contributed by atoms with van der Waals surface area (Å²) in [6.45, 7) is 0. The summed E-state index contributed by atoms with van der Waals surface area (Å²) in [7, 11) is 0. The van der Waals surface area contributed by atoms with Crippen molar-refractivity contribution in [1.29, 1.82) is 0 Å². The van der Waals surface area contributed by atoms with Gasteiger partial charge < -0.3 is 9.73 Å². The third-order valence-electron chi connectivity index (χ3n) is 4.39. The normalized spacial score (nSPS) is 10.4. The van der Waals surface area contributed by atoms with Crippen LogP contribution in [0.4, 0.5) is 17.4 Å². The lowest BCUT2D eigenvalue weighted by atomic mass is 10.1. The Morgan fingerprint density at radius 1 is 0.812 bits per heavy atom. The Kier molecular flexibility index (Phi) is 5.66. The summed E-state index contributed by atoms with van der Waals surface area (Å²) in [6.07, 6.45) is 0. The number of anilines is 2. The SMILES string of the molecule is O=C(Nc1cccc(C(=O)Nc2nnc(-c3ccccc3)o2)c1)c1ccc([N+](=O)[O-])cc1. The molecule has 4 aromatic rings. The number of hydrogen-bond donors (Lipinski definition) is 2. The second kappa shape index (κ2) is 8.88. The van der Waals surface area contributed by atoms with Gasteiger partial charge >= 0.3 is 6.01 Å². The number of nitrogens with one attached hydrogen (secondary N) is 2. The van der Waals surface area contributed by atoms with Crippen LogP contribution < -0.4 is 10.6 Å². The van der Waals surface area contributed by atoms with Crippen LogP contribution in [0.3, 0.4) is 0 Å². The lowest BCUT2D eigenvalue weighted by molar-refractivity contribution is -0.384. The molecule has 4 rings (SSSR count). The van der Waals surface area contributed by atoms with E-state index in [1.54, 1.807) is 30.3 Å². The average molecular weight is 429 g/mol. The van der Waals surface area contributed by atoms with Crippen LogP contribution in [0.15, 0.2) is 83.3 Å². The van der Waals surface area contributed by atoms with E-state index < -0.39 is 16.7 Å². The number of rotatable bonds is 6. The Bertz CT molecular complexity index is 1290. The van der Waals surface area contributed by atoms with Crippen molar-refractivity contribution in [2.24, 2.45) is 0 Å². The van der Waals surface area contributed by atoms with Gasteiger partial charge in [0.25, 0.3) is 17.5 Å². The zero-order valence-corrected chi connectivity index (χ0v) is 16.4. The number of nitro groups is 1. The second-order valence-electron chi connectivity index (χ2n) is 6.57. The molecule has 0 saturated heterocycles. The van der Waals surface area contributed by atoms with Crippen LogP contribution >= 0.6 is 0 Å². The molecule has 1 heterocycles. The maximum Gasteiger partial charge on any atom is 0.322 e. The molecule has 0 aliphatic heterocycles. The van der Waals surface area contributed by atoms with Gasteiger partial charge in [-0.05, 0) is 42.5 Å². The first-order chi connectivity index (χ1) is 15.5. The van der Waals surface area contributed by atoms with Crippen LogP contribution in [0.1, 0.15) is 20.7 Å². The number of amides is 2. The summed E-state index contributed by atoms with van der Waals surface area (Å²) in [5.74, 6) is -0.702. The van der Waals surface area contributed by atoms with Gasteiger partial charge in [-0.2, -0.15) is 0 Å². The Labute approximate surface area is 181 Å². The molecule has 0 spiro atoms. The quantitative estimate of drug-likeness (QED) is 0.346. The van der Waals surface area contributed by atoms with E-state index in [1.165, 1.54) is 30.3 Å². The Balaban J connectivity index is 1.43. The number of benzene rings is 3. The Morgan fingerprint density at radius 2 is 1.53 bits per heavy atom. The molecule has 32 heavy (non-hydrogen) atoms. The summed E-state index contributed by atoms with van der Waals surface area (Å²) in [5.41, 5.74) is 1.47. The third kappa shape index (κ3) is 4.65. The molecule has 10 nitrogen and oxygen atoms in total. The minimum Gasteiger partial charge on any atom is -0.403 e. The fourth-order valence-corrected chi connectivity index (χ4v) is 2.82. The van der Waals surface area contributed by atoms with Crippen LogP contribution in [0.5, 0.6) is 0 Å². The van der Waals surface area contributed by atoms with Crippen molar-refractivity contribution < 1.29 is 18.9 Å². The smallest absolute Gasteiger partial charge is 0.322 e. The predicted molar refractivity (Wildman–Crippen MR) is 115 cm³/mol. The number of hydrogen-bond acceptors (Lipinski definition) is 7. The van der Waals surface area contributed by atoms with E-state index in [1.807, 2.05) is 18.2 Å². The third-order valence-corrected chi connectivity index (χ3v) is 4.39. The molecule has 10 heteroatoms.